The monoisotopic (exact) mass is 786 g/mol. The smallest absolute Gasteiger partial charge is 0.424 e. The number of nitrogens with one attached hydrogen (secondary N) is 1. The maximum absolute atomic E-state index is 13.6. The van der Waals surface area contributed by atoms with Gasteiger partial charge in [-0.1, -0.05) is 38.1 Å². The third-order valence-electron chi connectivity index (χ3n) is 7.85. The summed E-state index contributed by atoms with van der Waals surface area (Å²) in [6.45, 7) is 0.530. The zero-order chi connectivity index (χ0) is 40.1. The highest BCUT2D eigenvalue weighted by Crippen LogP contribution is 2.37. The van der Waals surface area contributed by atoms with Crippen molar-refractivity contribution in [3.8, 4) is 16.9 Å². The van der Waals surface area contributed by atoms with Crippen LogP contribution >= 0.6 is 0 Å². The van der Waals surface area contributed by atoms with E-state index in [1.807, 2.05) is 0 Å². The van der Waals surface area contributed by atoms with Gasteiger partial charge in [0.05, 0.1) is 17.0 Å². The number of fused-ring (bicyclic) bond motifs is 1. The second-order valence-electron chi connectivity index (χ2n) is 12.5. The number of hydrogen-bond donors (Lipinski definition) is 2. The van der Waals surface area contributed by atoms with Crippen molar-refractivity contribution in [3.63, 3.8) is 0 Å². The minimum Gasteiger partial charge on any atom is -0.482 e. The molecule has 55 heavy (non-hydrogen) atoms. The number of amides is 2. The Hall–Kier alpha value is -6.08. The van der Waals surface area contributed by atoms with Gasteiger partial charge in [0, 0.05) is 29.8 Å². The fourth-order valence-corrected chi connectivity index (χ4v) is 5.56. The van der Waals surface area contributed by atoms with Crippen molar-refractivity contribution in [2.45, 2.75) is 37.4 Å². The van der Waals surface area contributed by atoms with Gasteiger partial charge in [0.2, 0.25) is 12.7 Å². The number of nitrogens with two attached hydrogens (primary N) is 1. The number of rotatable bonds is 13. The van der Waals surface area contributed by atoms with E-state index in [9.17, 15) is 40.4 Å². The number of alkyl halides is 3. The zero-order valence-corrected chi connectivity index (χ0v) is 30.2. The van der Waals surface area contributed by atoms with Crippen molar-refractivity contribution in [1.29, 1.82) is 0 Å². The molecule has 3 N–H and O–H groups in total. The molecule has 14 nitrogen and oxygen atoms in total. The zero-order valence-electron chi connectivity index (χ0n) is 29.4. The first-order chi connectivity index (χ1) is 25.9. The van der Waals surface area contributed by atoms with Crippen molar-refractivity contribution in [3.05, 3.63) is 96.4 Å². The van der Waals surface area contributed by atoms with E-state index in [4.69, 9.17) is 19.9 Å². The molecule has 0 saturated carbocycles. The molecule has 2 amide bonds. The summed E-state index contributed by atoms with van der Waals surface area (Å²) in [5.74, 6) is -3.04. The normalized spacial score (nSPS) is 12.3. The molecule has 1 atom stereocenters. The van der Waals surface area contributed by atoms with E-state index in [0.717, 1.165) is 24.5 Å². The van der Waals surface area contributed by atoms with Gasteiger partial charge in [-0.05, 0) is 65.6 Å². The van der Waals surface area contributed by atoms with Crippen LogP contribution in [0.25, 0.3) is 16.8 Å². The van der Waals surface area contributed by atoms with Gasteiger partial charge < -0.3 is 25.3 Å². The lowest BCUT2D eigenvalue weighted by Crippen LogP contribution is -2.38. The fourth-order valence-electron chi connectivity index (χ4n) is 4.92. The van der Waals surface area contributed by atoms with E-state index in [2.05, 4.69) is 15.4 Å². The maximum Gasteiger partial charge on any atom is 0.424 e. The van der Waals surface area contributed by atoms with Crippen molar-refractivity contribution in [1.82, 2.24) is 14.6 Å². The first kappa shape index (κ1) is 40.1. The lowest BCUT2D eigenvalue weighted by atomic mass is 10.1. The molecule has 2 aromatic heterocycles. The Kier molecular flexibility index (Phi) is 12.0. The summed E-state index contributed by atoms with van der Waals surface area (Å²) >= 11 is 0. The number of benzene rings is 3. The van der Waals surface area contributed by atoms with Gasteiger partial charge in [-0.3, -0.25) is 9.59 Å². The molecule has 0 radical (unpaired) electrons. The highest BCUT2D eigenvalue weighted by molar-refractivity contribution is 7.90. The van der Waals surface area contributed by atoms with Gasteiger partial charge in [0.25, 0.3) is 5.95 Å². The van der Waals surface area contributed by atoms with Gasteiger partial charge >= 0.3 is 18.2 Å². The topological polar surface area (TPSA) is 185 Å². The second-order valence-corrected chi connectivity index (χ2v) is 14.5. The van der Waals surface area contributed by atoms with Gasteiger partial charge in [0.1, 0.15) is 17.6 Å². The third-order valence-corrected chi connectivity index (χ3v) is 8.96. The predicted molar refractivity (Wildman–Crippen MR) is 191 cm³/mol. The number of anilines is 3. The fraction of sp³-hybridized carbons (Fsp3) is 0.250. The minimum atomic E-state index is -4.85. The summed E-state index contributed by atoms with van der Waals surface area (Å²) in [7, 11) is -3.95. The first-order valence-electron chi connectivity index (χ1n) is 16.3. The highest BCUT2D eigenvalue weighted by atomic mass is 32.2. The molecule has 0 aliphatic rings. The summed E-state index contributed by atoms with van der Waals surface area (Å²) in [6, 6.07) is 17.4. The molecule has 5 aromatic rings. The summed E-state index contributed by atoms with van der Waals surface area (Å²) < 4.78 is 93.9. The van der Waals surface area contributed by atoms with Crippen molar-refractivity contribution >= 4 is 50.8 Å². The number of carbonyl (C=O) groups is 3. The van der Waals surface area contributed by atoms with Gasteiger partial charge in [0.15, 0.2) is 22.1 Å². The number of sulfone groups is 1. The Labute approximate surface area is 311 Å². The lowest BCUT2D eigenvalue weighted by molar-refractivity contribution is -0.154. The molecule has 0 spiro atoms. The molecule has 290 valence electrons. The van der Waals surface area contributed by atoms with Gasteiger partial charge in [-0.15, -0.1) is 5.10 Å². The van der Waals surface area contributed by atoms with Crippen molar-refractivity contribution in [2.24, 2.45) is 11.7 Å². The number of nitrogens with zero attached hydrogens (tertiary/aromatic N) is 4. The van der Waals surface area contributed by atoms with Crippen LogP contribution in [0, 0.1) is 11.7 Å². The Morgan fingerprint density at radius 1 is 0.945 bits per heavy atom. The third kappa shape index (κ3) is 10.5. The minimum absolute atomic E-state index is 0.0349. The first-order valence-corrected chi connectivity index (χ1v) is 18.2. The molecule has 0 fully saturated rings. The van der Waals surface area contributed by atoms with E-state index >= 15 is 0 Å². The van der Waals surface area contributed by atoms with Crippen LogP contribution in [0.5, 0.6) is 5.75 Å². The number of aromatic nitrogens is 3. The molecule has 3 aromatic carbocycles. The number of esters is 1. The van der Waals surface area contributed by atoms with E-state index < -0.39 is 75.6 Å². The molecular formula is C36H34F4N6O8S. The molecule has 2 heterocycles. The Morgan fingerprint density at radius 3 is 2.25 bits per heavy atom. The average molecular weight is 787 g/mol. The van der Waals surface area contributed by atoms with Crippen LogP contribution in [0.2, 0.25) is 0 Å². The van der Waals surface area contributed by atoms with Crippen LogP contribution in [-0.4, -0.2) is 72.9 Å². The molecule has 0 saturated heterocycles. The van der Waals surface area contributed by atoms with Crippen LogP contribution in [0.4, 0.5) is 39.7 Å². The molecule has 1 unspecified atom stereocenters. The van der Waals surface area contributed by atoms with Crippen LogP contribution in [0.15, 0.2) is 90.0 Å². The van der Waals surface area contributed by atoms with Gasteiger partial charge in [-0.25, -0.2) is 27.0 Å². The summed E-state index contributed by atoms with van der Waals surface area (Å²) in [5, 5.41) is 7.11. The van der Waals surface area contributed by atoms with E-state index in [0.29, 0.717) is 27.3 Å². The number of carbonyl (C=O) groups excluding carboxylic acids is 3. The Morgan fingerprint density at radius 2 is 1.62 bits per heavy atom. The summed E-state index contributed by atoms with van der Waals surface area (Å²) in [6.07, 6.45) is -3.77. The Balaban J connectivity index is 1.45. The molecule has 5 rings (SSSR count). The number of halogens is 4. The van der Waals surface area contributed by atoms with Crippen LogP contribution in [-0.2, 0) is 35.3 Å². The van der Waals surface area contributed by atoms with Crippen LogP contribution in [0.1, 0.15) is 19.4 Å². The Bertz CT molecular complexity index is 2300. The van der Waals surface area contributed by atoms with Crippen LogP contribution < -0.4 is 20.7 Å². The molecule has 0 aliphatic carbocycles. The quantitative estimate of drug-likeness (QED) is 0.0833. The second kappa shape index (κ2) is 16.5. The largest absolute Gasteiger partial charge is 0.482 e. The summed E-state index contributed by atoms with van der Waals surface area (Å²) in [4.78, 5) is 42.9. The standard InChI is InChI=1S/C36H34F4N6O8S/c1-21(2)32(41)33(48)53-20-54-35(49)46(28-14-13-27(55(3,50)51)17-29(28)52-19-36(38,39)40)34-43-30-15-8-24(18-45(30)44-34)23-6-11-26(12-7-23)42-31(47)16-22-4-9-25(37)10-5-22/h4-15,17-18,21,32H,16,19-20,41H2,1-3H3,(H,42,47). The van der Waals surface area contributed by atoms with Gasteiger partial charge in [-0.2, -0.15) is 18.2 Å². The van der Waals surface area contributed by atoms with E-state index in [1.165, 1.54) is 34.8 Å². The number of hydrogen-bond acceptors (Lipinski definition) is 11. The predicted octanol–water partition coefficient (Wildman–Crippen LogP) is 5.82. The highest BCUT2D eigenvalue weighted by Gasteiger charge is 2.33. The van der Waals surface area contributed by atoms with Crippen molar-refractivity contribution < 1.29 is 54.6 Å². The molecule has 19 heteroatoms. The SMILES string of the molecule is CC(C)C(N)C(=O)OCOC(=O)N(c1nc2ccc(-c3ccc(NC(=O)Cc4ccc(F)cc4)cc3)cn2n1)c1ccc(S(C)(=O)=O)cc1OCC(F)(F)F. The number of pyridine rings is 1. The maximum atomic E-state index is 13.6. The molecular weight excluding hydrogens is 752 g/mol. The van der Waals surface area contributed by atoms with E-state index in [-0.39, 0.29) is 23.9 Å². The lowest BCUT2D eigenvalue weighted by Gasteiger charge is -2.22. The molecule has 0 bridgehead atoms. The van der Waals surface area contributed by atoms with E-state index in [1.54, 1.807) is 50.4 Å². The van der Waals surface area contributed by atoms with Crippen LogP contribution in [0.3, 0.4) is 0 Å². The number of ether oxygens (including phenoxy) is 3. The molecule has 0 aliphatic heterocycles. The average Bonchev–Trinajstić information content (AvgIpc) is 3.54. The van der Waals surface area contributed by atoms with Crippen molar-refractivity contribution in [2.75, 3.05) is 29.9 Å². The summed E-state index contributed by atoms with van der Waals surface area (Å²) in [5.41, 5.74) is 7.92.